The Hall–Kier alpha value is -1.51. The van der Waals surface area contributed by atoms with Crippen LogP contribution in [0.25, 0.3) is 0 Å². The molecule has 2 atom stereocenters. The van der Waals surface area contributed by atoms with Crippen LogP contribution in [0.2, 0.25) is 0 Å². The molecule has 1 fully saturated rings. The standard InChI is InChI=1S/C14H19FN2O4S/c1-16-14(18)13-8-17(7-10(13)9-21-2)22(19,20)12-5-3-11(15)4-6-12/h3-6,10,13H,7-9H2,1-2H3,(H,16,18)/t10-,13+/m0/s1. The fourth-order valence-electron chi connectivity index (χ4n) is 2.65. The zero-order valence-corrected chi connectivity index (χ0v) is 13.3. The number of hydrogen-bond donors (Lipinski definition) is 1. The lowest BCUT2D eigenvalue weighted by molar-refractivity contribution is -0.125. The number of methoxy groups -OCH3 is 1. The van der Waals surface area contributed by atoms with Gasteiger partial charge in [-0.15, -0.1) is 0 Å². The Morgan fingerprint density at radius 1 is 1.36 bits per heavy atom. The van der Waals surface area contributed by atoms with Crippen LogP contribution in [0, 0.1) is 17.7 Å². The van der Waals surface area contributed by atoms with E-state index in [1.54, 1.807) is 0 Å². The average Bonchev–Trinajstić information content (AvgIpc) is 2.92. The number of carbonyl (C=O) groups is 1. The van der Waals surface area contributed by atoms with Gasteiger partial charge >= 0.3 is 0 Å². The molecular weight excluding hydrogens is 311 g/mol. The first-order chi connectivity index (χ1) is 10.4. The third-order valence-electron chi connectivity index (χ3n) is 3.82. The topological polar surface area (TPSA) is 75.7 Å². The van der Waals surface area contributed by atoms with Crippen LogP contribution in [0.4, 0.5) is 4.39 Å². The first-order valence-electron chi connectivity index (χ1n) is 6.86. The summed E-state index contributed by atoms with van der Waals surface area (Å²) in [6, 6.07) is 4.66. The second-order valence-corrected chi connectivity index (χ2v) is 7.15. The maximum Gasteiger partial charge on any atom is 0.243 e. The molecule has 1 aliphatic rings. The monoisotopic (exact) mass is 330 g/mol. The molecule has 122 valence electrons. The molecule has 1 saturated heterocycles. The van der Waals surface area contributed by atoms with E-state index in [-0.39, 0.29) is 29.8 Å². The van der Waals surface area contributed by atoms with Gasteiger partial charge in [0.15, 0.2) is 0 Å². The fraction of sp³-hybridized carbons (Fsp3) is 0.500. The van der Waals surface area contributed by atoms with E-state index in [2.05, 4.69) is 5.32 Å². The molecule has 0 radical (unpaired) electrons. The zero-order chi connectivity index (χ0) is 16.3. The van der Waals surface area contributed by atoms with E-state index in [1.807, 2.05) is 0 Å². The molecule has 2 rings (SSSR count). The Morgan fingerprint density at radius 3 is 2.55 bits per heavy atom. The molecular formula is C14H19FN2O4S. The third kappa shape index (κ3) is 3.29. The predicted octanol–water partition coefficient (Wildman–Crippen LogP) is 0.455. The summed E-state index contributed by atoms with van der Waals surface area (Å²) in [6.45, 7) is 0.590. The Balaban J connectivity index is 2.25. The van der Waals surface area contributed by atoms with Crippen LogP contribution in [-0.2, 0) is 19.6 Å². The van der Waals surface area contributed by atoms with Crippen molar-refractivity contribution in [2.45, 2.75) is 4.90 Å². The van der Waals surface area contributed by atoms with Gasteiger partial charge in [-0.3, -0.25) is 4.79 Å². The van der Waals surface area contributed by atoms with Crippen molar-refractivity contribution in [3.63, 3.8) is 0 Å². The van der Waals surface area contributed by atoms with Crippen molar-refractivity contribution in [1.82, 2.24) is 9.62 Å². The van der Waals surface area contributed by atoms with E-state index in [4.69, 9.17) is 4.74 Å². The minimum atomic E-state index is -3.75. The van der Waals surface area contributed by atoms with Crippen LogP contribution in [0.1, 0.15) is 0 Å². The molecule has 1 N–H and O–H groups in total. The quantitative estimate of drug-likeness (QED) is 0.851. The highest BCUT2D eigenvalue weighted by Crippen LogP contribution is 2.29. The number of nitrogens with zero attached hydrogens (tertiary/aromatic N) is 1. The van der Waals surface area contributed by atoms with Crippen molar-refractivity contribution >= 4 is 15.9 Å². The SMILES string of the molecule is CNC(=O)[C@@H]1CN(S(=O)(=O)c2ccc(F)cc2)C[C@H]1COC. The summed E-state index contributed by atoms with van der Waals surface area (Å²) in [4.78, 5) is 11.9. The van der Waals surface area contributed by atoms with Crippen LogP contribution >= 0.6 is 0 Å². The molecule has 8 heteroatoms. The van der Waals surface area contributed by atoms with Crippen molar-refractivity contribution in [3.8, 4) is 0 Å². The molecule has 0 aromatic heterocycles. The summed E-state index contributed by atoms with van der Waals surface area (Å²) in [5, 5.41) is 2.55. The van der Waals surface area contributed by atoms with Gasteiger partial charge < -0.3 is 10.1 Å². The van der Waals surface area contributed by atoms with Gasteiger partial charge in [-0.1, -0.05) is 0 Å². The van der Waals surface area contributed by atoms with E-state index < -0.39 is 21.8 Å². The highest BCUT2D eigenvalue weighted by Gasteiger charge is 2.42. The maximum atomic E-state index is 13.0. The molecule has 0 saturated carbocycles. The van der Waals surface area contributed by atoms with Crippen molar-refractivity contribution in [1.29, 1.82) is 0 Å². The molecule has 1 heterocycles. The molecule has 0 spiro atoms. The summed E-state index contributed by atoms with van der Waals surface area (Å²) >= 11 is 0. The number of hydrogen-bond acceptors (Lipinski definition) is 4. The third-order valence-corrected chi connectivity index (χ3v) is 5.67. The number of halogens is 1. The van der Waals surface area contributed by atoms with Gasteiger partial charge in [0, 0.05) is 33.2 Å². The van der Waals surface area contributed by atoms with Gasteiger partial charge in [-0.25, -0.2) is 12.8 Å². The lowest BCUT2D eigenvalue weighted by Crippen LogP contribution is -2.34. The molecule has 6 nitrogen and oxygen atoms in total. The Labute approximate surface area is 129 Å². The van der Waals surface area contributed by atoms with Crippen molar-refractivity contribution in [3.05, 3.63) is 30.1 Å². The highest BCUT2D eigenvalue weighted by molar-refractivity contribution is 7.89. The van der Waals surface area contributed by atoms with E-state index in [0.717, 1.165) is 12.1 Å². The van der Waals surface area contributed by atoms with Crippen LogP contribution < -0.4 is 5.32 Å². The normalized spacial score (nSPS) is 22.7. The lowest BCUT2D eigenvalue weighted by Gasteiger charge is -2.16. The zero-order valence-electron chi connectivity index (χ0n) is 12.5. The Bertz CT molecular complexity index is 633. The first-order valence-corrected chi connectivity index (χ1v) is 8.30. The predicted molar refractivity (Wildman–Crippen MR) is 78.1 cm³/mol. The number of benzene rings is 1. The second kappa shape index (κ2) is 6.72. The van der Waals surface area contributed by atoms with Crippen LogP contribution in [0.5, 0.6) is 0 Å². The van der Waals surface area contributed by atoms with Crippen molar-refractivity contribution in [2.75, 3.05) is 33.9 Å². The molecule has 0 bridgehead atoms. The molecule has 0 unspecified atom stereocenters. The number of ether oxygens (including phenoxy) is 1. The molecule has 0 aliphatic carbocycles. The number of nitrogens with one attached hydrogen (secondary N) is 1. The number of amides is 1. The maximum absolute atomic E-state index is 13.0. The minimum Gasteiger partial charge on any atom is -0.384 e. The summed E-state index contributed by atoms with van der Waals surface area (Å²) in [7, 11) is -0.721. The van der Waals surface area contributed by atoms with Crippen LogP contribution in [0.3, 0.4) is 0 Å². The van der Waals surface area contributed by atoms with Gasteiger partial charge in [0.2, 0.25) is 15.9 Å². The summed E-state index contributed by atoms with van der Waals surface area (Å²) in [5.74, 6) is -1.37. The van der Waals surface area contributed by atoms with E-state index in [0.29, 0.717) is 6.61 Å². The van der Waals surface area contributed by atoms with E-state index in [9.17, 15) is 17.6 Å². The number of carbonyl (C=O) groups excluding carboxylic acids is 1. The summed E-state index contributed by atoms with van der Waals surface area (Å²) in [6.07, 6.45) is 0. The van der Waals surface area contributed by atoms with Gasteiger partial charge in [0.1, 0.15) is 5.82 Å². The summed E-state index contributed by atoms with van der Waals surface area (Å²) in [5.41, 5.74) is 0. The fourth-order valence-corrected chi connectivity index (χ4v) is 4.17. The van der Waals surface area contributed by atoms with Crippen LogP contribution in [-0.4, -0.2) is 52.5 Å². The first kappa shape index (κ1) is 16.9. The largest absolute Gasteiger partial charge is 0.384 e. The van der Waals surface area contributed by atoms with Gasteiger partial charge in [0.05, 0.1) is 17.4 Å². The van der Waals surface area contributed by atoms with E-state index >= 15 is 0 Å². The van der Waals surface area contributed by atoms with Crippen molar-refractivity contribution in [2.24, 2.45) is 11.8 Å². The highest BCUT2D eigenvalue weighted by atomic mass is 32.2. The smallest absolute Gasteiger partial charge is 0.243 e. The summed E-state index contributed by atoms with van der Waals surface area (Å²) < 4.78 is 44.5. The van der Waals surface area contributed by atoms with Gasteiger partial charge in [-0.05, 0) is 24.3 Å². The Morgan fingerprint density at radius 2 is 2.00 bits per heavy atom. The molecule has 1 aromatic rings. The lowest BCUT2D eigenvalue weighted by atomic mass is 9.96. The van der Waals surface area contributed by atoms with Crippen LogP contribution in [0.15, 0.2) is 29.2 Å². The molecule has 22 heavy (non-hydrogen) atoms. The average molecular weight is 330 g/mol. The Kier molecular flexibility index (Phi) is 5.15. The van der Waals surface area contributed by atoms with Crippen molar-refractivity contribution < 1.29 is 22.3 Å². The van der Waals surface area contributed by atoms with Gasteiger partial charge in [0.25, 0.3) is 0 Å². The number of sulfonamides is 1. The molecule has 1 amide bonds. The second-order valence-electron chi connectivity index (χ2n) is 5.21. The molecule has 1 aliphatic heterocycles. The minimum absolute atomic E-state index is 0.0163. The van der Waals surface area contributed by atoms with Gasteiger partial charge in [-0.2, -0.15) is 4.31 Å². The van der Waals surface area contributed by atoms with E-state index in [1.165, 1.54) is 30.6 Å². The molecule has 1 aromatic carbocycles. The number of rotatable bonds is 5.